The third kappa shape index (κ3) is 5.01. The summed E-state index contributed by atoms with van der Waals surface area (Å²) in [4.78, 5) is 59.0. The van der Waals surface area contributed by atoms with Crippen molar-refractivity contribution in [3.63, 3.8) is 0 Å². The van der Waals surface area contributed by atoms with Gasteiger partial charge in [-0.05, 0) is 66.1 Å². The maximum atomic E-state index is 13.4. The van der Waals surface area contributed by atoms with Crippen molar-refractivity contribution >= 4 is 67.4 Å². The minimum absolute atomic E-state index is 0.0119. The first-order valence-electron chi connectivity index (χ1n) is 13.8. The summed E-state index contributed by atoms with van der Waals surface area (Å²) in [6, 6.07) is 16.0. The van der Waals surface area contributed by atoms with E-state index in [1.165, 1.54) is 16.2 Å². The van der Waals surface area contributed by atoms with E-state index in [4.69, 9.17) is 9.72 Å². The number of imide groups is 1. The number of nitrogens with zero attached hydrogens (tertiary/aromatic N) is 2. The largest absolute Gasteiger partial charge is 0.454 e. The zero-order chi connectivity index (χ0) is 29.5. The van der Waals surface area contributed by atoms with Crippen LogP contribution in [0.3, 0.4) is 0 Å². The Morgan fingerprint density at radius 1 is 1.10 bits per heavy atom. The summed E-state index contributed by atoms with van der Waals surface area (Å²) in [5, 5.41) is 2.42. The van der Waals surface area contributed by atoms with E-state index in [0.29, 0.717) is 51.1 Å². The molecule has 212 valence electrons. The summed E-state index contributed by atoms with van der Waals surface area (Å²) in [5.74, 6) is -1.87. The topological polar surface area (TPSA) is 93.6 Å². The normalized spacial score (nSPS) is 19.8. The maximum absolute atomic E-state index is 13.4. The first kappa shape index (κ1) is 28.2. The number of anilines is 1. The molecule has 42 heavy (non-hydrogen) atoms. The molecule has 1 fully saturated rings. The standard InChI is InChI=1S/C33H27BrN2O5S/c1-3-19-14-21(34)15-24-25(33(40)41-17-27(37)28-8-5-13-42-28)16-26(35-30(19)24)20-9-11-22(12-10-20)36-31(38)23-7-4-6-18(2)29(23)32(36)39/h4-6,8-16,18,23,29H,3,7,17H2,1-2H3. The van der Waals surface area contributed by atoms with Crippen LogP contribution in [0, 0.1) is 17.8 Å². The highest BCUT2D eigenvalue weighted by atomic mass is 79.9. The van der Waals surface area contributed by atoms with Crippen LogP contribution in [0.15, 0.2) is 76.6 Å². The number of rotatable bonds is 7. The molecule has 7 nitrogen and oxygen atoms in total. The zero-order valence-corrected chi connectivity index (χ0v) is 25.4. The number of allylic oxidation sites excluding steroid dienone is 2. The number of aryl methyl sites for hydroxylation is 1. The van der Waals surface area contributed by atoms with Gasteiger partial charge >= 0.3 is 5.97 Å². The van der Waals surface area contributed by atoms with Gasteiger partial charge < -0.3 is 4.74 Å². The molecule has 9 heteroatoms. The molecule has 6 rings (SSSR count). The molecular formula is C33H27BrN2O5S. The van der Waals surface area contributed by atoms with Crippen molar-refractivity contribution in [2.75, 3.05) is 11.5 Å². The molecule has 0 N–H and O–H groups in total. The van der Waals surface area contributed by atoms with Crippen molar-refractivity contribution in [1.82, 2.24) is 4.98 Å². The molecule has 2 aliphatic rings. The summed E-state index contributed by atoms with van der Waals surface area (Å²) >= 11 is 4.84. The number of hydrogen-bond donors (Lipinski definition) is 0. The Balaban J connectivity index is 1.34. The minimum atomic E-state index is -0.621. The number of ether oxygens (including phenoxy) is 1. The van der Waals surface area contributed by atoms with Gasteiger partial charge in [0.1, 0.15) is 0 Å². The van der Waals surface area contributed by atoms with E-state index in [9.17, 15) is 19.2 Å². The monoisotopic (exact) mass is 642 g/mol. The Kier molecular flexibility index (Phi) is 7.64. The fourth-order valence-electron chi connectivity index (χ4n) is 5.85. The molecule has 1 saturated heterocycles. The van der Waals surface area contributed by atoms with E-state index < -0.39 is 5.97 Å². The summed E-state index contributed by atoms with van der Waals surface area (Å²) in [6.07, 6.45) is 5.25. The predicted octanol–water partition coefficient (Wildman–Crippen LogP) is 7.03. The molecule has 0 saturated carbocycles. The number of fused-ring (bicyclic) bond motifs is 2. The van der Waals surface area contributed by atoms with Gasteiger partial charge in [0.15, 0.2) is 6.61 Å². The van der Waals surface area contributed by atoms with E-state index in [1.807, 2.05) is 38.1 Å². The minimum Gasteiger partial charge on any atom is -0.454 e. The van der Waals surface area contributed by atoms with Crippen molar-refractivity contribution < 1.29 is 23.9 Å². The van der Waals surface area contributed by atoms with Crippen molar-refractivity contribution in [3.05, 3.63) is 92.6 Å². The van der Waals surface area contributed by atoms with Crippen molar-refractivity contribution in [2.45, 2.75) is 26.7 Å². The van der Waals surface area contributed by atoms with Crippen LogP contribution in [0.4, 0.5) is 5.69 Å². The fourth-order valence-corrected chi connectivity index (χ4v) is 7.00. The Bertz CT molecular complexity index is 1760. The molecule has 1 aliphatic heterocycles. The van der Waals surface area contributed by atoms with Crippen LogP contribution in [0.2, 0.25) is 0 Å². The average Bonchev–Trinajstić information content (AvgIpc) is 3.62. The Morgan fingerprint density at radius 3 is 2.57 bits per heavy atom. The highest BCUT2D eigenvalue weighted by Crippen LogP contribution is 2.41. The number of Topliss-reactive ketones (excluding diaryl/α,β-unsaturated/α-hetero) is 1. The predicted molar refractivity (Wildman–Crippen MR) is 166 cm³/mol. The second-order valence-corrected chi connectivity index (χ2v) is 12.4. The van der Waals surface area contributed by atoms with Gasteiger partial charge in [0.05, 0.1) is 39.2 Å². The molecule has 1 aliphatic carbocycles. The van der Waals surface area contributed by atoms with Gasteiger partial charge in [-0.2, -0.15) is 0 Å². The van der Waals surface area contributed by atoms with Gasteiger partial charge in [0.25, 0.3) is 0 Å². The van der Waals surface area contributed by atoms with Crippen molar-refractivity contribution in [2.24, 2.45) is 17.8 Å². The molecule has 3 heterocycles. The summed E-state index contributed by atoms with van der Waals surface area (Å²) < 4.78 is 6.28. The zero-order valence-electron chi connectivity index (χ0n) is 23.0. The lowest BCUT2D eigenvalue weighted by Gasteiger charge is -2.22. The molecule has 3 unspecified atom stereocenters. The number of pyridine rings is 1. The number of carbonyl (C=O) groups is 4. The molecule has 0 radical (unpaired) electrons. The third-order valence-electron chi connectivity index (χ3n) is 7.98. The molecule has 3 atom stereocenters. The van der Waals surface area contributed by atoms with Crippen LogP contribution >= 0.6 is 27.3 Å². The Hall–Kier alpha value is -3.95. The second kappa shape index (κ2) is 11.4. The van der Waals surface area contributed by atoms with Gasteiger partial charge in [-0.15, -0.1) is 11.3 Å². The number of halogens is 1. The van der Waals surface area contributed by atoms with E-state index >= 15 is 0 Å². The quantitative estimate of drug-likeness (QED) is 0.0930. The van der Waals surface area contributed by atoms with Crippen molar-refractivity contribution in [1.29, 1.82) is 0 Å². The number of hydrogen-bond acceptors (Lipinski definition) is 7. The lowest BCUT2D eigenvalue weighted by Crippen LogP contribution is -2.31. The summed E-state index contributed by atoms with van der Waals surface area (Å²) in [6.45, 7) is 3.62. The molecule has 0 spiro atoms. The fraction of sp³-hybridized carbons (Fsp3) is 0.242. The molecule has 2 aromatic carbocycles. The van der Waals surface area contributed by atoms with E-state index in [0.717, 1.165) is 10.0 Å². The number of benzene rings is 2. The first-order chi connectivity index (χ1) is 20.3. The van der Waals surface area contributed by atoms with Gasteiger partial charge in [0.2, 0.25) is 17.6 Å². The molecule has 2 aromatic heterocycles. The molecular weight excluding hydrogens is 616 g/mol. The van der Waals surface area contributed by atoms with Crippen LogP contribution in [0.1, 0.15) is 45.9 Å². The highest BCUT2D eigenvalue weighted by molar-refractivity contribution is 9.10. The lowest BCUT2D eigenvalue weighted by molar-refractivity contribution is -0.122. The molecule has 0 bridgehead atoms. The highest BCUT2D eigenvalue weighted by Gasteiger charge is 2.50. The van der Waals surface area contributed by atoms with Crippen LogP contribution in [0.5, 0.6) is 0 Å². The third-order valence-corrected chi connectivity index (χ3v) is 9.35. The average molecular weight is 644 g/mol. The van der Waals surface area contributed by atoms with Gasteiger partial charge in [-0.25, -0.2) is 9.78 Å². The van der Waals surface area contributed by atoms with E-state index in [-0.39, 0.29) is 42.0 Å². The maximum Gasteiger partial charge on any atom is 0.339 e. The first-order valence-corrected chi connectivity index (χ1v) is 15.5. The van der Waals surface area contributed by atoms with Crippen LogP contribution < -0.4 is 4.90 Å². The van der Waals surface area contributed by atoms with Crippen LogP contribution in [-0.4, -0.2) is 35.2 Å². The number of amides is 2. The summed E-state index contributed by atoms with van der Waals surface area (Å²) in [7, 11) is 0. The second-order valence-electron chi connectivity index (χ2n) is 10.6. The van der Waals surface area contributed by atoms with Gasteiger partial charge in [0, 0.05) is 15.4 Å². The number of thiophene rings is 1. The Labute approximate surface area is 255 Å². The van der Waals surface area contributed by atoms with E-state index in [2.05, 4.69) is 15.9 Å². The van der Waals surface area contributed by atoms with E-state index in [1.54, 1.807) is 47.8 Å². The van der Waals surface area contributed by atoms with Gasteiger partial charge in [-0.1, -0.05) is 60.1 Å². The Morgan fingerprint density at radius 2 is 1.88 bits per heavy atom. The number of aromatic nitrogens is 1. The SMILES string of the molecule is CCc1cc(Br)cc2c(C(=O)OCC(=O)c3cccs3)cc(-c3ccc(N4C(=O)C5CC=CC(C)C5C4=O)cc3)nc12. The van der Waals surface area contributed by atoms with Gasteiger partial charge in [-0.3, -0.25) is 19.3 Å². The number of ketones is 1. The van der Waals surface area contributed by atoms with Crippen LogP contribution in [0.25, 0.3) is 22.2 Å². The smallest absolute Gasteiger partial charge is 0.339 e. The molecule has 4 aromatic rings. The van der Waals surface area contributed by atoms with Crippen LogP contribution in [-0.2, 0) is 20.7 Å². The number of esters is 1. The summed E-state index contributed by atoms with van der Waals surface area (Å²) in [5.41, 5.74) is 3.66. The van der Waals surface area contributed by atoms with Crippen molar-refractivity contribution in [3.8, 4) is 11.3 Å². The number of carbonyl (C=O) groups excluding carboxylic acids is 4. The molecule has 2 amide bonds. The lowest BCUT2D eigenvalue weighted by atomic mass is 9.78.